The van der Waals surface area contributed by atoms with Gasteiger partial charge < -0.3 is 5.32 Å². The van der Waals surface area contributed by atoms with Gasteiger partial charge in [0.2, 0.25) is 0 Å². The molecule has 2 aromatic rings. The predicted molar refractivity (Wildman–Crippen MR) is 88.2 cm³/mol. The summed E-state index contributed by atoms with van der Waals surface area (Å²) in [6, 6.07) is 15.6. The number of thioether (sulfide) groups is 1. The Labute approximate surface area is 132 Å². The van der Waals surface area contributed by atoms with Crippen molar-refractivity contribution in [1.29, 1.82) is 0 Å². The van der Waals surface area contributed by atoms with E-state index >= 15 is 0 Å². The lowest BCUT2D eigenvalue weighted by molar-refractivity contribution is 0.0937. The topological polar surface area (TPSA) is 29.1 Å². The number of hydrogen-bond donors (Lipinski definition) is 1. The molecule has 1 atom stereocenters. The van der Waals surface area contributed by atoms with E-state index in [1.807, 2.05) is 61.7 Å². The number of hydrogen-bond acceptors (Lipinski definition) is 2. The fourth-order valence-corrected chi connectivity index (χ4v) is 2.80. The lowest BCUT2D eigenvalue weighted by Crippen LogP contribution is -2.27. The maximum Gasteiger partial charge on any atom is 0.252 e. The largest absolute Gasteiger partial charge is 0.345 e. The van der Waals surface area contributed by atoms with Crippen LogP contribution in [-0.4, -0.2) is 12.2 Å². The monoisotopic (exact) mass is 349 g/mol. The van der Waals surface area contributed by atoms with Crippen molar-refractivity contribution in [3.8, 4) is 0 Å². The molecule has 0 aliphatic heterocycles. The first-order valence-electron chi connectivity index (χ1n) is 6.31. The molecule has 0 aromatic heterocycles. The van der Waals surface area contributed by atoms with Gasteiger partial charge in [-0.15, -0.1) is 11.8 Å². The van der Waals surface area contributed by atoms with Crippen molar-refractivity contribution in [3.05, 3.63) is 64.1 Å². The van der Waals surface area contributed by atoms with Gasteiger partial charge in [0.15, 0.2) is 0 Å². The third kappa shape index (κ3) is 3.64. The Morgan fingerprint density at radius 3 is 2.45 bits per heavy atom. The van der Waals surface area contributed by atoms with Crippen LogP contribution in [0, 0.1) is 0 Å². The molecule has 1 amide bonds. The summed E-state index contributed by atoms with van der Waals surface area (Å²) in [7, 11) is 0. The van der Waals surface area contributed by atoms with Crippen LogP contribution in [0.25, 0.3) is 0 Å². The molecule has 104 valence electrons. The summed E-state index contributed by atoms with van der Waals surface area (Å²) >= 11 is 4.99. The summed E-state index contributed by atoms with van der Waals surface area (Å²) in [4.78, 5) is 13.3. The fourth-order valence-electron chi connectivity index (χ4n) is 1.94. The van der Waals surface area contributed by atoms with Gasteiger partial charge in [-0.2, -0.15) is 0 Å². The van der Waals surface area contributed by atoms with Crippen molar-refractivity contribution in [2.24, 2.45) is 0 Å². The molecule has 0 saturated carbocycles. The number of carbonyl (C=O) groups is 1. The summed E-state index contributed by atoms with van der Waals surface area (Å²) in [6.07, 6.45) is 1.98. The first-order valence-corrected chi connectivity index (χ1v) is 8.33. The molecule has 0 aliphatic rings. The van der Waals surface area contributed by atoms with E-state index in [1.54, 1.807) is 11.8 Å². The number of halogens is 1. The highest BCUT2D eigenvalue weighted by molar-refractivity contribution is 9.10. The number of amides is 1. The summed E-state index contributed by atoms with van der Waals surface area (Å²) < 4.78 is 1.03. The molecule has 4 heteroatoms. The lowest BCUT2D eigenvalue weighted by Gasteiger charge is -2.15. The normalized spacial score (nSPS) is 11.9. The van der Waals surface area contributed by atoms with Crippen LogP contribution in [-0.2, 0) is 0 Å². The van der Waals surface area contributed by atoms with Crippen LogP contribution >= 0.6 is 27.7 Å². The molecule has 2 aromatic carbocycles. The second kappa shape index (κ2) is 6.95. The van der Waals surface area contributed by atoms with E-state index in [0.717, 1.165) is 20.5 Å². The molecule has 0 bridgehead atoms. The van der Waals surface area contributed by atoms with Gasteiger partial charge in [0.1, 0.15) is 0 Å². The molecule has 0 heterocycles. The summed E-state index contributed by atoms with van der Waals surface area (Å²) in [5.74, 6) is -0.0367. The number of nitrogens with one attached hydrogen (secondary N) is 1. The van der Waals surface area contributed by atoms with E-state index < -0.39 is 0 Å². The van der Waals surface area contributed by atoms with Crippen LogP contribution in [0.2, 0.25) is 0 Å². The highest BCUT2D eigenvalue weighted by Gasteiger charge is 2.14. The van der Waals surface area contributed by atoms with Gasteiger partial charge in [0, 0.05) is 9.37 Å². The third-order valence-electron chi connectivity index (χ3n) is 3.07. The van der Waals surface area contributed by atoms with Gasteiger partial charge in [-0.1, -0.05) is 40.2 Å². The van der Waals surface area contributed by atoms with Crippen LogP contribution in [0.15, 0.2) is 57.9 Å². The number of carbonyl (C=O) groups excluding carboxylic acids is 1. The van der Waals surface area contributed by atoms with Crippen molar-refractivity contribution in [3.63, 3.8) is 0 Å². The van der Waals surface area contributed by atoms with Gasteiger partial charge in [-0.05, 0) is 43.0 Å². The predicted octanol–water partition coefficient (Wildman–Crippen LogP) is 4.66. The van der Waals surface area contributed by atoms with E-state index in [9.17, 15) is 4.79 Å². The molecule has 0 aliphatic carbocycles. The average Bonchev–Trinajstić information content (AvgIpc) is 2.47. The van der Waals surface area contributed by atoms with Crippen LogP contribution in [0.3, 0.4) is 0 Å². The molecule has 0 spiro atoms. The summed E-state index contributed by atoms with van der Waals surface area (Å²) in [6.45, 7) is 1.99. The highest BCUT2D eigenvalue weighted by atomic mass is 79.9. The molecule has 2 nitrogen and oxygen atoms in total. The number of rotatable bonds is 4. The van der Waals surface area contributed by atoms with Gasteiger partial charge >= 0.3 is 0 Å². The molecular formula is C16H16BrNOS. The SMILES string of the molecule is CSc1ccccc1C(=O)NC(C)c1ccc(Br)cc1. The van der Waals surface area contributed by atoms with Crippen LogP contribution in [0.4, 0.5) is 0 Å². The summed E-state index contributed by atoms with van der Waals surface area (Å²) in [5.41, 5.74) is 1.81. The zero-order valence-electron chi connectivity index (χ0n) is 11.4. The molecule has 1 N–H and O–H groups in total. The minimum Gasteiger partial charge on any atom is -0.345 e. The molecule has 20 heavy (non-hydrogen) atoms. The van der Waals surface area contributed by atoms with Crippen LogP contribution in [0.1, 0.15) is 28.9 Å². The van der Waals surface area contributed by atoms with Crippen LogP contribution < -0.4 is 5.32 Å². The maximum absolute atomic E-state index is 12.3. The maximum atomic E-state index is 12.3. The highest BCUT2D eigenvalue weighted by Crippen LogP contribution is 2.21. The second-order valence-electron chi connectivity index (χ2n) is 4.45. The van der Waals surface area contributed by atoms with E-state index in [2.05, 4.69) is 21.2 Å². The Kier molecular flexibility index (Phi) is 5.26. The smallest absolute Gasteiger partial charge is 0.252 e. The zero-order valence-corrected chi connectivity index (χ0v) is 13.8. The quantitative estimate of drug-likeness (QED) is 0.813. The molecule has 2 rings (SSSR count). The minimum absolute atomic E-state index is 0.0227. The van der Waals surface area contributed by atoms with E-state index in [4.69, 9.17) is 0 Å². The Bertz CT molecular complexity index is 598. The molecule has 0 radical (unpaired) electrons. The Hall–Kier alpha value is -1.26. The average molecular weight is 350 g/mol. The van der Waals surface area contributed by atoms with Crippen molar-refractivity contribution >= 4 is 33.6 Å². The fraction of sp³-hybridized carbons (Fsp3) is 0.188. The summed E-state index contributed by atoms with van der Waals surface area (Å²) in [5, 5.41) is 3.04. The Balaban J connectivity index is 2.13. The van der Waals surface area contributed by atoms with Gasteiger partial charge in [0.05, 0.1) is 11.6 Å². The lowest BCUT2D eigenvalue weighted by atomic mass is 10.1. The van der Waals surface area contributed by atoms with Gasteiger partial charge in [-0.3, -0.25) is 4.79 Å². The van der Waals surface area contributed by atoms with Crippen molar-refractivity contribution in [1.82, 2.24) is 5.32 Å². The standard InChI is InChI=1S/C16H16BrNOS/c1-11(12-7-9-13(17)10-8-12)18-16(19)14-5-3-4-6-15(14)20-2/h3-11H,1-2H3,(H,18,19). The number of benzene rings is 2. The van der Waals surface area contributed by atoms with E-state index in [-0.39, 0.29) is 11.9 Å². The second-order valence-corrected chi connectivity index (χ2v) is 6.21. The molecule has 0 saturated heterocycles. The molecule has 1 unspecified atom stereocenters. The Morgan fingerprint density at radius 1 is 1.15 bits per heavy atom. The van der Waals surface area contributed by atoms with E-state index in [1.165, 1.54) is 0 Å². The van der Waals surface area contributed by atoms with Gasteiger partial charge in [0.25, 0.3) is 5.91 Å². The molecule has 0 fully saturated rings. The van der Waals surface area contributed by atoms with E-state index in [0.29, 0.717) is 0 Å². The van der Waals surface area contributed by atoms with Crippen molar-refractivity contribution < 1.29 is 4.79 Å². The van der Waals surface area contributed by atoms with Crippen LogP contribution in [0.5, 0.6) is 0 Å². The minimum atomic E-state index is -0.0367. The first-order chi connectivity index (χ1) is 9.61. The van der Waals surface area contributed by atoms with Crippen molar-refractivity contribution in [2.45, 2.75) is 17.9 Å². The molecular weight excluding hydrogens is 334 g/mol. The van der Waals surface area contributed by atoms with Crippen molar-refractivity contribution in [2.75, 3.05) is 6.26 Å². The Morgan fingerprint density at radius 2 is 1.80 bits per heavy atom. The van der Waals surface area contributed by atoms with Gasteiger partial charge in [-0.25, -0.2) is 0 Å². The first kappa shape index (κ1) is 15.1. The third-order valence-corrected chi connectivity index (χ3v) is 4.39. The zero-order chi connectivity index (χ0) is 14.5.